The number of likely N-dealkylation sites (tertiary alicyclic amines) is 1. The highest BCUT2D eigenvalue weighted by Crippen LogP contribution is 2.29. The molecule has 146 valence electrons. The van der Waals surface area contributed by atoms with Crippen LogP contribution in [0.2, 0.25) is 0 Å². The van der Waals surface area contributed by atoms with Gasteiger partial charge in [0.25, 0.3) is 0 Å². The van der Waals surface area contributed by atoms with Gasteiger partial charge in [-0.15, -0.1) is 0 Å². The van der Waals surface area contributed by atoms with Gasteiger partial charge in [0.2, 0.25) is 0 Å². The Labute approximate surface area is 153 Å². The van der Waals surface area contributed by atoms with Crippen LogP contribution < -0.4 is 10.6 Å². The molecular formula is C19H28F3N3O. The maximum atomic E-state index is 12.5. The van der Waals surface area contributed by atoms with Gasteiger partial charge < -0.3 is 15.5 Å². The molecule has 2 unspecified atom stereocenters. The Morgan fingerprint density at radius 1 is 1.31 bits per heavy atom. The fraction of sp³-hybridized carbons (Fsp3) is 0.632. The summed E-state index contributed by atoms with van der Waals surface area (Å²) in [6, 6.07) is 4.83. The second-order valence-corrected chi connectivity index (χ2v) is 7.25. The molecule has 1 aromatic carbocycles. The molecule has 2 rings (SSSR count). The summed E-state index contributed by atoms with van der Waals surface area (Å²) in [5.41, 5.74) is 0.0986. The van der Waals surface area contributed by atoms with E-state index in [0.717, 1.165) is 37.3 Å². The summed E-state index contributed by atoms with van der Waals surface area (Å²) in [6.07, 6.45) is -1.36. The van der Waals surface area contributed by atoms with E-state index in [2.05, 4.69) is 22.5 Å². The molecule has 7 heteroatoms. The number of halogens is 3. The predicted octanol–water partition coefficient (Wildman–Crippen LogP) is 3.67. The minimum atomic E-state index is -4.32. The van der Waals surface area contributed by atoms with Crippen molar-refractivity contribution >= 4 is 6.03 Å². The van der Waals surface area contributed by atoms with Crippen molar-refractivity contribution in [3.8, 4) is 0 Å². The smallest absolute Gasteiger partial charge is 0.338 e. The molecule has 0 spiro atoms. The Morgan fingerprint density at radius 2 is 2.00 bits per heavy atom. The van der Waals surface area contributed by atoms with Gasteiger partial charge in [-0.2, -0.15) is 13.2 Å². The Hall–Kier alpha value is -1.76. The lowest BCUT2D eigenvalue weighted by Gasteiger charge is -2.32. The van der Waals surface area contributed by atoms with Crippen molar-refractivity contribution in [1.29, 1.82) is 0 Å². The number of nitrogens with zero attached hydrogens (tertiary/aromatic N) is 1. The van der Waals surface area contributed by atoms with Gasteiger partial charge in [0.1, 0.15) is 0 Å². The highest BCUT2D eigenvalue weighted by atomic mass is 19.4. The summed E-state index contributed by atoms with van der Waals surface area (Å²) in [5.74, 6) is 0.702. The number of urea groups is 1. The fourth-order valence-corrected chi connectivity index (χ4v) is 3.34. The highest BCUT2D eigenvalue weighted by Gasteiger charge is 2.29. The Morgan fingerprint density at radius 3 is 2.62 bits per heavy atom. The lowest BCUT2D eigenvalue weighted by molar-refractivity contribution is -0.137. The second kappa shape index (κ2) is 9.26. The van der Waals surface area contributed by atoms with Gasteiger partial charge in [0.15, 0.2) is 0 Å². The van der Waals surface area contributed by atoms with Crippen molar-refractivity contribution < 1.29 is 18.0 Å². The molecule has 1 heterocycles. The molecule has 4 nitrogen and oxygen atoms in total. The number of rotatable bonds is 6. The lowest BCUT2D eigenvalue weighted by atomic mass is 10.00. The standard InChI is InChI=1S/C19H28F3N3O/c1-14-4-3-11-25(12-14)13-15(2)24-18(26)23-10-9-16-5-7-17(8-6-16)19(20,21)22/h5-8,14-15H,3-4,9-13H2,1-2H3,(H2,23,24,26). The molecule has 1 aliphatic rings. The molecule has 0 saturated carbocycles. The topological polar surface area (TPSA) is 44.4 Å². The fourth-order valence-electron chi connectivity index (χ4n) is 3.34. The number of nitrogens with one attached hydrogen (secondary N) is 2. The SMILES string of the molecule is CC1CCCN(CC(C)NC(=O)NCCc2ccc(C(F)(F)F)cc2)C1. The normalized spacial score (nSPS) is 19.8. The van der Waals surface area contributed by atoms with Crippen LogP contribution in [-0.2, 0) is 12.6 Å². The van der Waals surface area contributed by atoms with E-state index < -0.39 is 11.7 Å². The van der Waals surface area contributed by atoms with Crippen molar-refractivity contribution in [3.63, 3.8) is 0 Å². The Bertz CT molecular complexity index is 574. The molecule has 1 fully saturated rings. The number of carbonyl (C=O) groups is 1. The summed E-state index contributed by atoms with van der Waals surface area (Å²) in [4.78, 5) is 14.3. The van der Waals surface area contributed by atoms with Gasteiger partial charge in [0, 0.05) is 25.7 Å². The van der Waals surface area contributed by atoms with Crippen LogP contribution >= 0.6 is 0 Å². The van der Waals surface area contributed by atoms with E-state index in [1.807, 2.05) is 6.92 Å². The van der Waals surface area contributed by atoms with Gasteiger partial charge in [-0.25, -0.2) is 4.79 Å². The zero-order valence-corrected chi connectivity index (χ0v) is 15.4. The highest BCUT2D eigenvalue weighted by molar-refractivity contribution is 5.74. The van der Waals surface area contributed by atoms with Crippen LogP contribution in [0.1, 0.15) is 37.8 Å². The molecule has 2 atom stereocenters. The molecule has 2 amide bonds. The average molecular weight is 371 g/mol. The summed E-state index contributed by atoms with van der Waals surface area (Å²) < 4.78 is 37.6. The van der Waals surface area contributed by atoms with Gasteiger partial charge >= 0.3 is 12.2 Å². The minimum absolute atomic E-state index is 0.0476. The summed E-state index contributed by atoms with van der Waals surface area (Å²) in [6.45, 7) is 7.59. The predicted molar refractivity (Wildman–Crippen MR) is 96.0 cm³/mol. The van der Waals surface area contributed by atoms with Crippen molar-refractivity contribution in [2.45, 2.75) is 45.3 Å². The first-order chi connectivity index (χ1) is 12.2. The minimum Gasteiger partial charge on any atom is -0.338 e. The first kappa shape index (κ1) is 20.6. The zero-order valence-electron chi connectivity index (χ0n) is 15.4. The van der Waals surface area contributed by atoms with Crippen LogP contribution in [0.3, 0.4) is 0 Å². The Kier molecular flexibility index (Phi) is 7.32. The van der Waals surface area contributed by atoms with E-state index in [0.29, 0.717) is 18.9 Å². The van der Waals surface area contributed by atoms with Crippen molar-refractivity contribution in [3.05, 3.63) is 35.4 Å². The average Bonchev–Trinajstić information content (AvgIpc) is 2.54. The maximum Gasteiger partial charge on any atom is 0.416 e. The molecule has 0 aromatic heterocycles. The van der Waals surface area contributed by atoms with E-state index in [-0.39, 0.29) is 12.1 Å². The number of carbonyl (C=O) groups excluding carboxylic acids is 1. The number of amides is 2. The number of hydrogen-bond donors (Lipinski definition) is 2. The van der Waals surface area contributed by atoms with Crippen molar-refractivity contribution in [2.24, 2.45) is 5.92 Å². The molecule has 0 bridgehead atoms. The van der Waals surface area contributed by atoms with E-state index in [1.165, 1.54) is 25.0 Å². The first-order valence-corrected chi connectivity index (χ1v) is 9.17. The third-order valence-electron chi connectivity index (χ3n) is 4.63. The van der Waals surface area contributed by atoms with Gasteiger partial charge in [-0.3, -0.25) is 0 Å². The summed E-state index contributed by atoms with van der Waals surface area (Å²) >= 11 is 0. The number of hydrogen-bond acceptors (Lipinski definition) is 2. The third kappa shape index (κ3) is 6.86. The van der Waals surface area contributed by atoms with Crippen LogP contribution in [0.4, 0.5) is 18.0 Å². The maximum absolute atomic E-state index is 12.5. The molecule has 2 N–H and O–H groups in total. The summed E-state index contributed by atoms with van der Waals surface area (Å²) in [7, 11) is 0. The van der Waals surface area contributed by atoms with E-state index in [9.17, 15) is 18.0 Å². The molecule has 1 aromatic rings. The third-order valence-corrected chi connectivity index (χ3v) is 4.63. The van der Waals surface area contributed by atoms with Crippen LogP contribution in [0, 0.1) is 5.92 Å². The van der Waals surface area contributed by atoms with E-state index >= 15 is 0 Å². The van der Waals surface area contributed by atoms with Gasteiger partial charge in [-0.05, 0) is 56.3 Å². The second-order valence-electron chi connectivity index (χ2n) is 7.25. The van der Waals surface area contributed by atoms with Gasteiger partial charge in [0.05, 0.1) is 5.56 Å². The molecule has 0 aliphatic carbocycles. The Balaban J connectivity index is 1.66. The summed E-state index contributed by atoms with van der Waals surface area (Å²) in [5, 5.41) is 5.68. The van der Waals surface area contributed by atoms with Crippen molar-refractivity contribution in [2.75, 3.05) is 26.2 Å². The van der Waals surface area contributed by atoms with Gasteiger partial charge in [-0.1, -0.05) is 19.1 Å². The monoisotopic (exact) mass is 371 g/mol. The first-order valence-electron chi connectivity index (χ1n) is 9.17. The van der Waals surface area contributed by atoms with Crippen LogP contribution in [0.15, 0.2) is 24.3 Å². The van der Waals surface area contributed by atoms with Crippen molar-refractivity contribution in [1.82, 2.24) is 15.5 Å². The zero-order chi connectivity index (χ0) is 19.2. The molecule has 26 heavy (non-hydrogen) atoms. The lowest BCUT2D eigenvalue weighted by Crippen LogP contribution is -2.48. The molecule has 1 aliphatic heterocycles. The largest absolute Gasteiger partial charge is 0.416 e. The van der Waals surface area contributed by atoms with Crippen LogP contribution in [0.25, 0.3) is 0 Å². The number of alkyl halides is 3. The molecular weight excluding hydrogens is 343 g/mol. The van der Waals surface area contributed by atoms with Crippen LogP contribution in [-0.4, -0.2) is 43.2 Å². The number of piperidine rings is 1. The molecule has 1 saturated heterocycles. The quantitative estimate of drug-likeness (QED) is 0.801. The van der Waals surface area contributed by atoms with E-state index in [1.54, 1.807) is 0 Å². The van der Waals surface area contributed by atoms with Crippen LogP contribution in [0.5, 0.6) is 0 Å². The van der Waals surface area contributed by atoms with E-state index in [4.69, 9.17) is 0 Å². The molecule has 0 radical (unpaired) electrons. The number of benzene rings is 1.